The highest BCUT2D eigenvalue weighted by atomic mass is 16.4. The summed E-state index contributed by atoms with van der Waals surface area (Å²) >= 11 is 0. The van der Waals surface area contributed by atoms with Crippen LogP contribution in [0, 0.1) is 0 Å². The van der Waals surface area contributed by atoms with Crippen molar-refractivity contribution in [3.63, 3.8) is 0 Å². The Bertz CT molecular complexity index is 667. The molecule has 0 aromatic heterocycles. The molecule has 0 bridgehead atoms. The summed E-state index contributed by atoms with van der Waals surface area (Å²) in [5, 5.41) is 12.9. The topological polar surface area (TPSA) is 78.8 Å². The molecule has 0 atom stereocenters. The van der Waals surface area contributed by atoms with E-state index in [1.165, 1.54) is 0 Å². The standard InChI is InChI=1S/C17H16N2O3/c20-16(21)12-11-15(13-7-3-1-4-8-13)18-19-17(22)14-9-5-2-6-10-14/h1-10H,11-12H2,(H,19,22)(H,20,21)/b18-15-. The number of carboxylic acids is 1. The molecule has 5 nitrogen and oxygen atoms in total. The number of amides is 1. The first kappa shape index (κ1) is 15.4. The van der Waals surface area contributed by atoms with E-state index >= 15 is 0 Å². The van der Waals surface area contributed by atoms with Gasteiger partial charge in [0.1, 0.15) is 0 Å². The van der Waals surface area contributed by atoms with Crippen LogP contribution in [-0.2, 0) is 4.79 Å². The average molecular weight is 296 g/mol. The maximum absolute atomic E-state index is 12.0. The first-order valence-electron chi connectivity index (χ1n) is 6.86. The van der Waals surface area contributed by atoms with Gasteiger partial charge in [-0.2, -0.15) is 5.10 Å². The number of carboxylic acid groups (broad SMARTS) is 1. The number of carbonyl (C=O) groups is 2. The molecule has 0 radical (unpaired) electrons. The zero-order chi connectivity index (χ0) is 15.8. The van der Waals surface area contributed by atoms with E-state index < -0.39 is 5.97 Å². The second kappa shape index (κ2) is 7.73. The van der Waals surface area contributed by atoms with Crippen molar-refractivity contribution in [2.24, 2.45) is 5.10 Å². The van der Waals surface area contributed by atoms with Crippen LogP contribution in [0.25, 0.3) is 0 Å². The second-order valence-corrected chi connectivity index (χ2v) is 4.63. The SMILES string of the molecule is O=C(O)CC/C(=N/NC(=O)c1ccccc1)c1ccccc1. The van der Waals surface area contributed by atoms with Crippen LogP contribution in [-0.4, -0.2) is 22.7 Å². The maximum atomic E-state index is 12.0. The molecule has 0 unspecified atom stereocenters. The fourth-order valence-electron chi connectivity index (χ4n) is 1.89. The number of rotatable bonds is 6. The average Bonchev–Trinajstić information content (AvgIpc) is 2.56. The van der Waals surface area contributed by atoms with E-state index in [4.69, 9.17) is 5.11 Å². The molecule has 0 saturated heterocycles. The first-order chi connectivity index (χ1) is 10.7. The van der Waals surface area contributed by atoms with Crippen LogP contribution in [0.5, 0.6) is 0 Å². The molecule has 0 heterocycles. The van der Waals surface area contributed by atoms with Gasteiger partial charge >= 0.3 is 5.97 Å². The maximum Gasteiger partial charge on any atom is 0.303 e. The van der Waals surface area contributed by atoms with E-state index in [1.807, 2.05) is 36.4 Å². The van der Waals surface area contributed by atoms with Gasteiger partial charge in [-0.15, -0.1) is 0 Å². The lowest BCUT2D eigenvalue weighted by atomic mass is 10.1. The summed E-state index contributed by atoms with van der Waals surface area (Å²) in [5.41, 5.74) is 4.30. The summed E-state index contributed by atoms with van der Waals surface area (Å²) in [5.74, 6) is -1.23. The Hall–Kier alpha value is -2.95. The molecule has 0 fully saturated rings. The van der Waals surface area contributed by atoms with E-state index in [0.29, 0.717) is 11.3 Å². The predicted octanol–water partition coefficient (Wildman–Crippen LogP) is 2.69. The van der Waals surface area contributed by atoms with Crippen molar-refractivity contribution in [3.05, 3.63) is 71.8 Å². The molecule has 0 saturated carbocycles. The molecule has 0 aliphatic carbocycles. The number of carbonyl (C=O) groups excluding carboxylic acids is 1. The normalized spacial score (nSPS) is 11.0. The van der Waals surface area contributed by atoms with E-state index in [0.717, 1.165) is 5.56 Å². The van der Waals surface area contributed by atoms with Crippen molar-refractivity contribution in [1.82, 2.24) is 5.43 Å². The third kappa shape index (κ3) is 4.56. The molecular weight excluding hydrogens is 280 g/mol. The third-order valence-corrected chi connectivity index (χ3v) is 3.01. The van der Waals surface area contributed by atoms with Crippen LogP contribution < -0.4 is 5.43 Å². The summed E-state index contributed by atoms with van der Waals surface area (Å²) in [6, 6.07) is 17.9. The van der Waals surface area contributed by atoms with E-state index in [1.54, 1.807) is 24.3 Å². The molecule has 0 aliphatic heterocycles. The number of hydrogen-bond donors (Lipinski definition) is 2. The van der Waals surface area contributed by atoms with Crippen LogP contribution in [0.15, 0.2) is 65.8 Å². The van der Waals surface area contributed by atoms with Crippen molar-refractivity contribution >= 4 is 17.6 Å². The molecule has 2 rings (SSSR count). The van der Waals surface area contributed by atoms with Gasteiger partial charge in [-0.05, 0) is 17.7 Å². The van der Waals surface area contributed by atoms with Crippen LogP contribution >= 0.6 is 0 Å². The van der Waals surface area contributed by atoms with Gasteiger partial charge in [0.05, 0.1) is 12.1 Å². The van der Waals surface area contributed by atoms with Crippen LogP contribution in [0.3, 0.4) is 0 Å². The Kier molecular flexibility index (Phi) is 5.43. The van der Waals surface area contributed by atoms with Crippen molar-refractivity contribution in [2.45, 2.75) is 12.8 Å². The van der Waals surface area contributed by atoms with Gasteiger partial charge in [0.2, 0.25) is 0 Å². The molecular formula is C17H16N2O3. The summed E-state index contributed by atoms with van der Waals surface area (Å²) in [6.45, 7) is 0. The van der Waals surface area contributed by atoms with Gasteiger partial charge < -0.3 is 5.11 Å². The molecule has 0 spiro atoms. The molecule has 0 aliphatic rings. The van der Waals surface area contributed by atoms with Crippen molar-refractivity contribution in [2.75, 3.05) is 0 Å². The molecule has 22 heavy (non-hydrogen) atoms. The summed E-state index contributed by atoms with van der Waals surface area (Å²) < 4.78 is 0. The van der Waals surface area contributed by atoms with Gasteiger partial charge in [-0.25, -0.2) is 5.43 Å². The fourth-order valence-corrected chi connectivity index (χ4v) is 1.89. The quantitative estimate of drug-likeness (QED) is 0.635. The van der Waals surface area contributed by atoms with Crippen LogP contribution in [0.4, 0.5) is 0 Å². The molecule has 2 N–H and O–H groups in total. The van der Waals surface area contributed by atoms with Crippen molar-refractivity contribution in [3.8, 4) is 0 Å². The van der Waals surface area contributed by atoms with E-state index in [9.17, 15) is 9.59 Å². The van der Waals surface area contributed by atoms with E-state index in [2.05, 4.69) is 10.5 Å². The highest BCUT2D eigenvalue weighted by molar-refractivity contribution is 6.03. The number of benzene rings is 2. The zero-order valence-corrected chi connectivity index (χ0v) is 11.9. The van der Waals surface area contributed by atoms with Crippen LogP contribution in [0.2, 0.25) is 0 Å². The lowest BCUT2D eigenvalue weighted by Gasteiger charge is -2.06. The number of hydrazone groups is 1. The minimum atomic E-state index is -0.905. The Balaban J connectivity index is 2.14. The summed E-state index contributed by atoms with van der Waals surface area (Å²) in [7, 11) is 0. The van der Waals surface area contributed by atoms with Gasteiger partial charge in [-0.3, -0.25) is 9.59 Å². The number of nitrogens with zero attached hydrogens (tertiary/aromatic N) is 1. The van der Waals surface area contributed by atoms with Gasteiger partial charge in [0.25, 0.3) is 5.91 Å². The van der Waals surface area contributed by atoms with Gasteiger partial charge in [0, 0.05) is 12.0 Å². The minimum absolute atomic E-state index is 0.0467. The smallest absolute Gasteiger partial charge is 0.303 e. The number of hydrogen-bond acceptors (Lipinski definition) is 3. The van der Waals surface area contributed by atoms with Crippen molar-refractivity contribution in [1.29, 1.82) is 0 Å². The molecule has 1 amide bonds. The lowest BCUT2D eigenvalue weighted by molar-refractivity contribution is -0.136. The highest BCUT2D eigenvalue weighted by Crippen LogP contribution is 2.07. The Labute approximate surface area is 128 Å². The fraction of sp³-hybridized carbons (Fsp3) is 0.118. The number of nitrogens with one attached hydrogen (secondary N) is 1. The van der Waals surface area contributed by atoms with Crippen molar-refractivity contribution < 1.29 is 14.7 Å². The van der Waals surface area contributed by atoms with Crippen LogP contribution in [0.1, 0.15) is 28.8 Å². The Morgan fingerprint density at radius 1 is 0.864 bits per heavy atom. The lowest BCUT2D eigenvalue weighted by Crippen LogP contribution is -2.20. The highest BCUT2D eigenvalue weighted by Gasteiger charge is 2.08. The second-order valence-electron chi connectivity index (χ2n) is 4.63. The monoisotopic (exact) mass is 296 g/mol. The largest absolute Gasteiger partial charge is 0.481 e. The number of aliphatic carboxylic acids is 1. The van der Waals surface area contributed by atoms with E-state index in [-0.39, 0.29) is 18.7 Å². The molecule has 5 heteroatoms. The molecule has 2 aromatic rings. The Morgan fingerprint density at radius 3 is 1.95 bits per heavy atom. The predicted molar refractivity (Wildman–Crippen MR) is 83.8 cm³/mol. The van der Waals surface area contributed by atoms with Gasteiger partial charge in [0.15, 0.2) is 0 Å². The third-order valence-electron chi connectivity index (χ3n) is 3.01. The summed E-state index contributed by atoms with van der Waals surface area (Å²) in [4.78, 5) is 22.7. The molecule has 112 valence electrons. The first-order valence-corrected chi connectivity index (χ1v) is 6.86. The van der Waals surface area contributed by atoms with Gasteiger partial charge in [-0.1, -0.05) is 48.5 Å². The minimum Gasteiger partial charge on any atom is -0.481 e. The zero-order valence-electron chi connectivity index (χ0n) is 11.9. The summed E-state index contributed by atoms with van der Waals surface area (Å²) in [6.07, 6.45) is 0.198. The Morgan fingerprint density at radius 2 is 1.41 bits per heavy atom. The molecule has 2 aromatic carbocycles.